The zero-order valence-electron chi connectivity index (χ0n) is 12.2. The molecule has 2 heterocycles. The Kier molecular flexibility index (Phi) is 5.16. The number of anilines is 1. The molecular formula is C15H25N3O. The van der Waals surface area contributed by atoms with Crippen LogP contribution in [0.15, 0.2) is 18.3 Å². The number of pyridine rings is 1. The molecular weight excluding hydrogens is 238 g/mol. The minimum atomic E-state index is 0.470. The maximum atomic E-state index is 5.42. The molecule has 1 aromatic heterocycles. The molecule has 1 N–H and O–H groups in total. The average molecular weight is 263 g/mol. The van der Waals surface area contributed by atoms with Gasteiger partial charge in [0.25, 0.3) is 0 Å². The third-order valence-electron chi connectivity index (χ3n) is 3.51. The number of hydrogen-bond donors (Lipinski definition) is 1. The Labute approximate surface area is 116 Å². The lowest BCUT2D eigenvalue weighted by molar-refractivity contribution is 0.193. The highest BCUT2D eigenvalue weighted by molar-refractivity contribution is 5.39. The topological polar surface area (TPSA) is 37.4 Å². The molecule has 0 spiro atoms. The second-order valence-corrected chi connectivity index (χ2v) is 5.68. The number of aromatic nitrogens is 1. The Hall–Kier alpha value is -1.13. The van der Waals surface area contributed by atoms with Crippen molar-refractivity contribution in [1.29, 1.82) is 0 Å². The van der Waals surface area contributed by atoms with Gasteiger partial charge in [0.05, 0.1) is 12.6 Å². The van der Waals surface area contributed by atoms with Gasteiger partial charge in [0.1, 0.15) is 5.82 Å². The zero-order valence-corrected chi connectivity index (χ0v) is 12.2. The predicted molar refractivity (Wildman–Crippen MR) is 78.4 cm³/mol. The summed E-state index contributed by atoms with van der Waals surface area (Å²) in [5.74, 6) is 1.71. The molecule has 1 aromatic rings. The van der Waals surface area contributed by atoms with Crippen LogP contribution in [0.4, 0.5) is 5.82 Å². The van der Waals surface area contributed by atoms with E-state index in [1.807, 2.05) is 6.20 Å². The average Bonchev–Trinajstić information content (AvgIpc) is 2.92. The van der Waals surface area contributed by atoms with Gasteiger partial charge < -0.3 is 15.0 Å². The number of nitrogens with one attached hydrogen (secondary N) is 1. The van der Waals surface area contributed by atoms with Crippen molar-refractivity contribution in [1.82, 2.24) is 10.3 Å². The highest BCUT2D eigenvalue weighted by Crippen LogP contribution is 2.18. The van der Waals surface area contributed by atoms with Crippen LogP contribution >= 0.6 is 0 Å². The van der Waals surface area contributed by atoms with E-state index in [-0.39, 0.29) is 0 Å². The van der Waals surface area contributed by atoms with Gasteiger partial charge in [-0.3, -0.25) is 0 Å². The maximum Gasteiger partial charge on any atom is 0.128 e. The number of nitrogens with zero attached hydrogens (tertiary/aromatic N) is 2. The van der Waals surface area contributed by atoms with E-state index in [0.29, 0.717) is 12.0 Å². The van der Waals surface area contributed by atoms with E-state index in [1.54, 1.807) is 0 Å². The summed E-state index contributed by atoms with van der Waals surface area (Å²) in [6.07, 6.45) is 3.06. The molecule has 0 aromatic carbocycles. The molecule has 1 fully saturated rings. The quantitative estimate of drug-likeness (QED) is 0.852. The minimum absolute atomic E-state index is 0.470. The molecule has 1 aliphatic rings. The summed E-state index contributed by atoms with van der Waals surface area (Å²) in [7, 11) is 2.10. The number of hydrogen-bond acceptors (Lipinski definition) is 4. The second-order valence-electron chi connectivity index (χ2n) is 5.68. The first-order valence-corrected chi connectivity index (χ1v) is 7.13. The smallest absolute Gasteiger partial charge is 0.128 e. The molecule has 0 saturated carbocycles. The summed E-state index contributed by atoms with van der Waals surface area (Å²) < 4.78 is 5.42. The zero-order chi connectivity index (χ0) is 13.7. The van der Waals surface area contributed by atoms with Crippen molar-refractivity contribution in [2.75, 3.05) is 31.7 Å². The fourth-order valence-corrected chi connectivity index (χ4v) is 2.25. The molecule has 0 amide bonds. The third kappa shape index (κ3) is 4.18. The molecule has 1 aliphatic heterocycles. The van der Waals surface area contributed by atoms with Gasteiger partial charge in [0.2, 0.25) is 0 Å². The van der Waals surface area contributed by atoms with Crippen molar-refractivity contribution in [3.8, 4) is 0 Å². The lowest BCUT2D eigenvalue weighted by Gasteiger charge is -2.24. The van der Waals surface area contributed by atoms with E-state index in [0.717, 1.165) is 38.5 Å². The first kappa shape index (κ1) is 14.3. The van der Waals surface area contributed by atoms with Crippen LogP contribution in [0, 0.1) is 5.92 Å². The van der Waals surface area contributed by atoms with Crippen molar-refractivity contribution >= 4 is 5.82 Å². The highest BCUT2D eigenvalue weighted by atomic mass is 16.5. The Balaban J connectivity index is 1.86. The van der Waals surface area contributed by atoms with Crippen LogP contribution in [0.2, 0.25) is 0 Å². The van der Waals surface area contributed by atoms with Gasteiger partial charge in [-0.05, 0) is 30.5 Å². The van der Waals surface area contributed by atoms with Crippen LogP contribution in [-0.4, -0.2) is 37.8 Å². The lowest BCUT2D eigenvalue weighted by Crippen LogP contribution is -2.32. The van der Waals surface area contributed by atoms with Crippen LogP contribution < -0.4 is 10.2 Å². The molecule has 4 heteroatoms. The molecule has 106 valence electrons. The van der Waals surface area contributed by atoms with Crippen LogP contribution in [0.5, 0.6) is 0 Å². The van der Waals surface area contributed by atoms with Crippen LogP contribution in [0.3, 0.4) is 0 Å². The van der Waals surface area contributed by atoms with Crippen molar-refractivity contribution < 1.29 is 4.74 Å². The maximum absolute atomic E-state index is 5.42. The van der Waals surface area contributed by atoms with E-state index in [9.17, 15) is 0 Å². The number of likely N-dealkylation sites (N-methyl/N-ethyl adjacent to an activating group) is 1. The monoisotopic (exact) mass is 263 g/mol. The molecule has 2 rings (SSSR count). The molecule has 1 saturated heterocycles. The summed E-state index contributed by atoms with van der Waals surface area (Å²) in [5, 5.41) is 3.43. The van der Waals surface area contributed by atoms with Crippen molar-refractivity contribution in [2.45, 2.75) is 32.9 Å². The minimum Gasteiger partial charge on any atom is -0.379 e. The Morgan fingerprint density at radius 1 is 1.47 bits per heavy atom. The molecule has 1 atom stereocenters. The summed E-state index contributed by atoms with van der Waals surface area (Å²) in [4.78, 5) is 6.77. The van der Waals surface area contributed by atoms with Gasteiger partial charge in [0.15, 0.2) is 0 Å². The van der Waals surface area contributed by atoms with Crippen LogP contribution in [-0.2, 0) is 11.3 Å². The molecule has 4 nitrogen and oxygen atoms in total. The summed E-state index contributed by atoms with van der Waals surface area (Å²) in [6, 6.07) is 4.73. The van der Waals surface area contributed by atoms with Gasteiger partial charge in [-0.2, -0.15) is 0 Å². The fourth-order valence-electron chi connectivity index (χ4n) is 2.25. The molecule has 0 aliphatic carbocycles. The van der Waals surface area contributed by atoms with Gasteiger partial charge >= 0.3 is 0 Å². The molecule has 0 radical (unpaired) electrons. The van der Waals surface area contributed by atoms with Crippen LogP contribution in [0.25, 0.3) is 0 Å². The molecule has 1 unspecified atom stereocenters. The number of rotatable bonds is 6. The summed E-state index contributed by atoms with van der Waals surface area (Å²) in [5.41, 5.74) is 1.24. The summed E-state index contributed by atoms with van der Waals surface area (Å²) >= 11 is 0. The van der Waals surface area contributed by atoms with Crippen molar-refractivity contribution in [3.63, 3.8) is 0 Å². The van der Waals surface area contributed by atoms with E-state index in [1.165, 1.54) is 5.56 Å². The summed E-state index contributed by atoms with van der Waals surface area (Å²) in [6.45, 7) is 8.05. The first-order valence-electron chi connectivity index (χ1n) is 7.13. The first-order chi connectivity index (χ1) is 9.16. The van der Waals surface area contributed by atoms with Crippen LogP contribution in [0.1, 0.15) is 25.8 Å². The van der Waals surface area contributed by atoms with E-state index >= 15 is 0 Å². The highest BCUT2D eigenvalue weighted by Gasteiger charge is 2.21. The standard InChI is InChI=1S/C15H25N3O/c1-12(2)8-16-9-13-4-5-15(17-10-13)18(3)14-6-7-19-11-14/h4-5,10,12,14,16H,6-9,11H2,1-3H3. The van der Waals surface area contributed by atoms with Crippen molar-refractivity contribution in [2.24, 2.45) is 5.92 Å². The Morgan fingerprint density at radius 2 is 2.32 bits per heavy atom. The van der Waals surface area contributed by atoms with Gasteiger partial charge in [0, 0.05) is 26.4 Å². The third-order valence-corrected chi connectivity index (χ3v) is 3.51. The largest absolute Gasteiger partial charge is 0.379 e. The predicted octanol–water partition coefficient (Wildman–Crippen LogP) is 2.05. The second kappa shape index (κ2) is 6.87. The Morgan fingerprint density at radius 3 is 2.89 bits per heavy atom. The normalized spacial score (nSPS) is 19.1. The fraction of sp³-hybridized carbons (Fsp3) is 0.667. The van der Waals surface area contributed by atoms with E-state index in [2.05, 4.69) is 48.2 Å². The van der Waals surface area contributed by atoms with Gasteiger partial charge in [-0.1, -0.05) is 19.9 Å². The number of ether oxygens (including phenoxy) is 1. The SMILES string of the molecule is CC(C)CNCc1ccc(N(C)C2CCOC2)nc1. The Bertz CT molecular complexity index is 371. The van der Waals surface area contributed by atoms with Gasteiger partial charge in [-0.25, -0.2) is 4.98 Å². The van der Waals surface area contributed by atoms with E-state index in [4.69, 9.17) is 4.74 Å². The molecule has 19 heavy (non-hydrogen) atoms. The van der Waals surface area contributed by atoms with Gasteiger partial charge in [-0.15, -0.1) is 0 Å². The van der Waals surface area contributed by atoms with Crippen molar-refractivity contribution in [3.05, 3.63) is 23.9 Å². The molecule has 0 bridgehead atoms. The van der Waals surface area contributed by atoms with E-state index < -0.39 is 0 Å². The lowest BCUT2D eigenvalue weighted by atomic mass is 10.2.